The van der Waals surface area contributed by atoms with Crippen molar-refractivity contribution < 1.29 is 19.1 Å². The molecule has 3 aromatic carbocycles. The molecule has 0 saturated heterocycles. The summed E-state index contributed by atoms with van der Waals surface area (Å²) < 4.78 is 11.8. The van der Waals surface area contributed by atoms with E-state index in [1.54, 1.807) is 0 Å². The van der Waals surface area contributed by atoms with Crippen molar-refractivity contribution in [1.82, 2.24) is 4.90 Å². The van der Waals surface area contributed by atoms with E-state index in [-0.39, 0.29) is 11.8 Å². The lowest BCUT2D eigenvalue weighted by Crippen LogP contribution is -2.49. The highest BCUT2D eigenvalue weighted by molar-refractivity contribution is 6.04. The fourth-order valence-electron chi connectivity index (χ4n) is 5.44. The Bertz CT molecular complexity index is 1300. The molecule has 2 aliphatic rings. The first kappa shape index (κ1) is 23.9. The van der Waals surface area contributed by atoms with E-state index < -0.39 is 12.0 Å². The monoisotopic (exact) mass is 484 g/mol. The summed E-state index contributed by atoms with van der Waals surface area (Å²) in [7, 11) is 0. The van der Waals surface area contributed by atoms with Crippen LogP contribution < -0.4 is 14.8 Å². The molecule has 2 heterocycles. The molecule has 0 radical (unpaired) electrons. The van der Waals surface area contributed by atoms with Gasteiger partial charge >= 0.3 is 0 Å². The first-order valence-electron chi connectivity index (χ1n) is 12.8. The zero-order valence-electron chi connectivity index (χ0n) is 21.0. The molecule has 0 fully saturated rings. The lowest BCUT2D eigenvalue weighted by atomic mass is 9.75. The van der Waals surface area contributed by atoms with E-state index in [0.717, 1.165) is 34.4 Å². The van der Waals surface area contributed by atoms with Gasteiger partial charge in [0.1, 0.15) is 0 Å². The third-order valence-corrected chi connectivity index (χ3v) is 7.07. The minimum atomic E-state index is -0.560. The summed E-state index contributed by atoms with van der Waals surface area (Å²) in [5.41, 5.74) is 5.29. The highest BCUT2D eigenvalue weighted by Crippen LogP contribution is 2.48. The molecule has 0 saturated carbocycles. The predicted octanol–water partition coefficient (Wildman–Crippen LogP) is 5.52. The molecule has 0 unspecified atom stereocenters. The van der Waals surface area contributed by atoms with Crippen molar-refractivity contribution in [3.63, 3.8) is 0 Å². The van der Waals surface area contributed by atoms with Gasteiger partial charge in [-0.25, -0.2) is 0 Å². The quantitative estimate of drug-likeness (QED) is 0.479. The number of carbonyl (C=O) groups excluding carboxylic acids is 2. The summed E-state index contributed by atoms with van der Waals surface area (Å²) in [6, 6.07) is 19.0. The van der Waals surface area contributed by atoms with E-state index in [1.807, 2.05) is 73.3 Å². The SMILES string of the molecule is CCOc1cc2c(cc1OCC)[C@H]1[C@H](C(=O)Nc3cccc(CC)c3)c3ccccc3C(=O)N1CC2. The topological polar surface area (TPSA) is 67.9 Å². The van der Waals surface area contributed by atoms with Gasteiger partial charge in [0.15, 0.2) is 11.5 Å². The number of benzene rings is 3. The molecule has 6 heteroatoms. The molecule has 2 aliphatic heterocycles. The Balaban J connectivity index is 1.63. The number of hydrogen-bond acceptors (Lipinski definition) is 4. The van der Waals surface area contributed by atoms with Crippen molar-refractivity contribution in [2.75, 3.05) is 25.1 Å². The molecule has 2 atom stereocenters. The van der Waals surface area contributed by atoms with Gasteiger partial charge in [0.2, 0.25) is 5.91 Å². The number of fused-ring (bicyclic) bond motifs is 4. The maximum Gasteiger partial charge on any atom is 0.254 e. The molecule has 0 aliphatic carbocycles. The average Bonchev–Trinajstić information content (AvgIpc) is 2.89. The Labute approximate surface area is 212 Å². The number of ether oxygens (including phenoxy) is 2. The van der Waals surface area contributed by atoms with E-state index in [4.69, 9.17) is 9.47 Å². The van der Waals surface area contributed by atoms with Crippen LogP contribution >= 0.6 is 0 Å². The number of amides is 2. The van der Waals surface area contributed by atoms with Crippen LogP contribution in [0.2, 0.25) is 0 Å². The van der Waals surface area contributed by atoms with E-state index in [0.29, 0.717) is 43.2 Å². The number of nitrogens with zero attached hydrogens (tertiary/aromatic N) is 1. The largest absolute Gasteiger partial charge is 0.490 e. The van der Waals surface area contributed by atoms with Crippen molar-refractivity contribution in [2.45, 2.75) is 45.6 Å². The van der Waals surface area contributed by atoms with E-state index in [1.165, 1.54) is 0 Å². The van der Waals surface area contributed by atoms with E-state index in [9.17, 15) is 9.59 Å². The maximum absolute atomic E-state index is 14.0. The van der Waals surface area contributed by atoms with Gasteiger partial charge in [-0.2, -0.15) is 0 Å². The molecule has 0 bridgehead atoms. The molecule has 36 heavy (non-hydrogen) atoms. The lowest BCUT2D eigenvalue weighted by molar-refractivity contribution is -0.119. The highest BCUT2D eigenvalue weighted by Gasteiger charge is 2.46. The minimum Gasteiger partial charge on any atom is -0.490 e. The number of carbonyl (C=O) groups is 2. The number of hydrogen-bond donors (Lipinski definition) is 1. The number of rotatable bonds is 7. The smallest absolute Gasteiger partial charge is 0.254 e. The van der Waals surface area contributed by atoms with E-state index in [2.05, 4.69) is 18.3 Å². The first-order valence-corrected chi connectivity index (χ1v) is 12.8. The molecular formula is C30H32N2O4. The Morgan fingerprint density at radius 2 is 1.69 bits per heavy atom. The standard InChI is InChI=1S/C30H32N2O4/c1-4-19-10-9-11-21(16-19)31-29(33)27-22-12-7-8-13-23(22)30(34)32-15-14-20-17-25(35-5-2)26(36-6-3)18-24(20)28(27)32/h7-13,16-18,27-28H,4-6,14-15H2,1-3H3,(H,31,33)/t27-,28+/m1/s1. The molecule has 1 N–H and O–H groups in total. The summed E-state index contributed by atoms with van der Waals surface area (Å²) in [4.78, 5) is 29.4. The van der Waals surface area contributed by atoms with Gasteiger partial charge in [-0.1, -0.05) is 37.3 Å². The summed E-state index contributed by atoms with van der Waals surface area (Å²) in [6.07, 6.45) is 1.58. The Kier molecular flexibility index (Phi) is 6.68. The van der Waals surface area contributed by atoms with Gasteiger partial charge in [-0.05, 0) is 79.3 Å². The number of nitrogens with one attached hydrogen (secondary N) is 1. The summed E-state index contributed by atoms with van der Waals surface area (Å²) in [6.45, 7) is 7.53. The van der Waals surface area contributed by atoms with Gasteiger partial charge in [0.25, 0.3) is 5.91 Å². The maximum atomic E-state index is 14.0. The second kappa shape index (κ2) is 10.1. The Morgan fingerprint density at radius 1 is 0.944 bits per heavy atom. The minimum absolute atomic E-state index is 0.0369. The van der Waals surface area contributed by atoms with Gasteiger partial charge in [-0.3, -0.25) is 9.59 Å². The van der Waals surface area contributed by atoms with Crippen LogP contribution in [0.5, 0.6) is 11.5 Å². The predicted molar refractivity (Wildman–Crippen MR) is 140 cm³/mol. The molecule has 2 amide bonds. The third kappa shape index (κ3) is 4.21. The Morgan fingerprint density at radius 3 is 2.44 bits per heavy atom. The third-order valence-electron chi connectivity index (χ3n) is 7.07. The van der Waals surface area contributed by atoms with Crippen LogP contribution in [-0.4, -0.2) is 36.5 Å². The van der Waals surface area contributed by atoms with Crippen LogP contribution in [0.3, 0.4) is 0 Å². The molecule has 5 rings (SSSR count). The highest BCUT2D eigenvalue weighted by atomic mass is 16.5. The van der Waals surface area contributed by atoms with Gasteiger partial charge in [0, 0.05) is 17.8 Å². The van der Waals surface area contributed by atoms with Crippen LogP contribution in [-0.2, 0) is 17.6 Å². The normalized spacial score (nSPS) is 18.1. The number of aryl methyl sites for hydroxylation is 1. The van der Waals surface area contributed by atoms with Crippen LogP contribution in [0.15, 0.2) is 60.7 Å². The molecule has 3 aromatic rings. The molecular weight excluding hydrogens is 452 g/mol. The second-order valence-corrected chi connectivity index (χ2v) is 9.17. The van der Waals surface area contributed by atoms with Gasteiger partial charge in [0.05, 0.1) is 25.2 Å². The Hall–Kier alpha value is -3.80. The first-order chi connectivity index (χ1) is 17.5. The van der Waals surface area contributed by atoms with Crippen molar-refractivity contribution in [3.8, 4) is 11.5 Å². The molecule has 0 aromatic heterocycles. The summed E-state index contributed by atoms with van der Waals surface area (Å²) in [5.74, 6) is 0.617. The van der Waals surface area contributed by atoms with Crippen LogP contribution in [0, 0.1) is 0 Å². The average molecular weight is 485 g/mol. The van der Waals surface area contributed by atoms with Crippen LogP contribution in [0.25, 0.3) is 0 Å². The molecule has 6 nitrogen and oxygen atoms in total. The summed E-state index contributed by atoms with van der Waals surface area (Å²) in [5, 5.41) is 3.14. The van der Waals surface area contributed by atoms with E-state index >= 15 is 0 Å². The fourth-order valence-corrected chi connectivity index (χ4v) is 5.44. The van der Waals surface area contributed by atoms with Crippen molar-refractivity contribution in [2.24, 2.45) is 0 Å². The van der Waals surface area contributed by atoms with Crippen LogP contribution in [0.4, 0.5) is 5.69 Å². The zero-order valence-corrected chi connectivity index (χ0v) is 21.0. The molecule has 0 spiro atoms. The van der Waals surface area contributed by atoms with Crippen molar-refractivity contribution in [1.29, 1.82) is 0 Å². The van der Waals surface area contributed by atoms with Crippen molar-refractivity contribution >= 4 is 17.5 Å². The number of anilines is 1. The second-order valence-electron chi connectivity index (χ2n) is 9.17. The van der Waals surface area contributed by atoms with Gasteiger partial charge < -0.3 is 19.7 Å². The zero-order chi connectivity index (χ0) is 25.2. The molecule has 186 valence electrons. The van der Waals surface area contributed by atoms with Crippen LogP contribution in [0.1, 0.15) is 65.3 Å². The fraction of sp³-hybridized carbons (Fsp3) is 0.333. The lowest BCUT2D eigenvalue weighted by Gasteiger charge is -2.45. The van der Waals surface area contributed by atoms with Crippen molar-refractivity contribution in [3.05, 3.63) is 88.5 Å². The van der Waals surface area contributed by atoms with Gasteiger partial charge in [-0.15, -0.1) is 0 Å². The summed E-state index contributed by atoms with van der Waals surface area (Å²) >= 11 is 0.